The summed E-state index contributed by atoms with van der Waals surface area (Å²) < 4.78 is 12.2. The number of aromatic nitrogens is 1. The van der Waals surface area contributed by atoms with E-state index in [1.807, 2.05) is 24.3 Å². The van der Waals surface area contributed by atoms with Crippen molar-refractivity contribution in [3.63, 3.8) is 0 Å². The van der Waals surface area contributed by atoms with E-state index in [-0.39, 0.29) is 0 Å². The van der Waals surface area contributed by atoms with Gasteiger partial charge in [-0.2, -0.15) is 0 Å². The molecular formula is C10H8FN. The molecule has 1 nitrogen and oxygen atoms in total. The molecule has 0 aliphatic heterocycles. The van der Waals surface area contributed by atoms with Crippen molar-refractivity contribution in [1.82, 2.24) is 4.98 Å². The molecule has 1 aromatic carbocycles. The average Bonchev–Trinajstić information content (AvgIpc) is 2.17. The van der Waals surface area contributed by atoms with Crippen molar-refractivity contribution in [2.24, 2.45) is 0 Å². The second-order valence-corrected chi connectivity index (χ2v) is 2.66. The third kappa shape index (κ3) is 1.16. The van der Waals surface area contributed by atoms with E-state index in [4.69, 9.17) is 0 Å². The molecule has 2 aromatic rings. The number of pyridine rings is 1. The van der Waals surface area contributed by atoms with E-state index < -0.39 is 6.67 Å². The highest BCUT2D eigenvalue weighted by molar-refractivity contribution is 5.81. The molecule has 0 aliphatic rings. The number of nitrogens with zero attached hydrogens (tertiary/aromatic N) is 1. The zero-order chi connectivity index (χ0) is 8.39. The average molecular weight is 161 g/mol. The van der Waals surface area contributed by atoms with Crippen LogP contribution in [0.25, 0.3) is 10.8 Å². The normalized spacial score (nSPS) is 10.4. The lowest BCUT2D eigenvalue weighted by atomic mass is 10.1. The van der Waals surface area contributed by atoms with E-state index in [9.17, 15) is 4.39 Å². The van der Waals surface area contributed by atoms with Crippen molar-refractivity contribution >= 4 is 10.8 Å². The Hall–Kier alpha value is -1.44. The van der Waals surface area contributed by atoms with Gasteiger partial charge in [0.05, 0.1) is 5.69 Å². The molecule has 0 aliphatic carbocycles. The summed E-state index contributed by atoms with van der Waals surface area (Å²) in [5.41, 5.74) is 0.494. The first-order valence-electron chi connectivity index (χ1n) is 3.80. The van der Waals surface area contributed by atoms with Gasteiger partial charge in [0.1, 0.15) is 6.67 Å². The molecule has 0 unspecified atom stereocenters. The molecule has 12 heavy (non-hydrogen) atoms. The fraction of sp³-hybridized carbons (Fsp3) is 0.100. The molecule has 0 N–H and O–H groups in total. The highest BCUT2D eigenvalue weighted by Crippen LogP contribution is 2.13. The van der Waals surface area contributed by atoms with Crippen LogP contribution in [-0.2, 0) is 6.67 Å². The van der Waals surface area contributed by atoms with Crippen LogP contribution in [-0.4, -0.2) is 4.98 Å². The summed E-state index contributed by atoms with van der Waals surface area (Å²) in [5, 5.41) is 2.09. The Bertz CT molecular complexity index is 398. The van der Waals surface area contributed by atoms with Gasteiger partial charge in [-0.05, 0) is 11.5 Å². The van der Waals surface area contributed by atoms with Gasteiger partial charge in [-0.15, -0.1) is 0 Å². The summed E-state index contributed by atoms with van der Waals surface area (Å²) in [6, 6.07) is 9.57. The maximum atomic E-state index is 12.2. The van der Waals surface area contributed by atoms with Gasteiger partial charge in [-0.1, -0.05) is 24.3 Å². The van der Waals surface area contributed by atoms with Crippen molar-refractivity contribution in [2.75, 3.05) is 0 Å². The van der Waals surface area contributed by atoms with Crippen LogP contribution in [0, 0.1) is 0 Å². The van der Waals surface area contributed by atoms with Crippen molar-refractivity contribution < 1.29 is 4.39 Å². The number of fused-ring (bicyclic) bond motifs is 1. The Morgan fingerprint density at radius 2 is 1.92 bits per heavy atom. The van der Waals surface area contributed by atoms with Gasteiger partial charge in [0.15, 0.2) is 0 Å². The van der Waals surface area contributed by atoms with Crippen LogP contribution >= 0.6 is 0 Å². The molecule has 0 fully saturated rings. The van der Waals surface area contributed by atoms with E-state index in [1.54, 1.807) is 12.3 Å². The van der Waals surface area contributed by atoms with Gasteiger partial charge in [0.25, 0.3) is 0 Å². The molecule has 0 spiro atoms. The molecule has 0 atom stereocenters. The summed E-state index contributed by atoms with van der Waals surface area (Å²) in [6.07, 6.45) is 1.70. The molecule has 0 saturated heterocycles. The van der Waals surface area contributed by atoms with Crippen LogP contribution in [0.5, 0.6) is 0 Å². The zero-order valence-corrected chi connectivity index (χ0v) is 6.50. The summed E-state index contributed by atoms with van der Waals surface area (Å²) >= 11 is 0. The Morgan fingerprint density at radius 3 is 2.67 bits per heavy atom. The largest absolute Gasteiger partial charge is 0.258 e. The third-order valence-corrected chi connectivity index (χ3v) is 1.82. The van der Waals surface area contributed by atoms with Crippen molar-refractivity contribution in [3.8, 4) is 0 Å². The van der Waals surface area contributed by atoms with Gasteiger partial charge < -0.3 is 0 Å². The van der Waals surface area contributed by atoms with Gasteiger partial charge in [0, 0.05) is 11.6 Å². The smallest absolute Gasteiger partial charge is 0.131 e. The van der Waals surface area contributed by atoms with Gasteiger partial charge >= 0.3 is 0 Å². The van der Waals surface area contributed by atoms with Gasteiger partial charge in [0.2, 0.25) is 0 Å². The Balaban J connectivity index is 2.67. The molecule has 1 heterocycles. The molecule has 2 heteroatoms. The number of benzene rings is 1. The van der Waals surface area contributed by atoms with Crippen LogP contribution < -0.4 is 0 Å². The molecule has 2 rings (SSSR count). The Kier molecular flexibility index (Phi) is 1.74. The van der Waals surface area contributed by atoms with Crippen LogP contribution in [0.3, 0.4) is 0 Å². The lowest BCUT2D eigenvalue weighted by Gasteiger charge is -1.97. The summed E-state index contributed by atoms with van der Waals surface area (Å²) in [7, 11) is 0. The highest BCUT2D eigenvalue weighted by Gasteiger charge is 1.95. The van der Waals surface area contributed by atoms with E-state index in [0.29, 0.717) is 5.69 Å². The topological polar surface area (TPSA) is 12.9 Å². The minimum absolute atomic E-state index is 0.494. The second-order valence-electron chi connectivity index (χ2n) is 2.66. The first-order valence-corrected chi connectivity index (χ1v) is 3.80. The fourth-order valence-electron chi connectivity index (χ4n) is 1.20. The van der Waals surface area contributed by atoms with Crippen LogP contribution in [0.1, 0.15) is 5.69 Å². The predicted molar refractivity (Wildman–Crippen MR) is 46.6 cm³/mol. The lowest BCUT2D eigenvalue weighted by Crippen LogP contribution is -1.84. The van der Waals surface area contributed by atoms with E-state index in [1.165, 1.54) is 0 Å². The minimum atomic E-state index is -0.495. The van der Waals surface area contributed by atoms with Crippen LogP contribution in [0.2, 0.25) is 0 Å². The Labute approximate surface area is 69.9 Å². The lowest BCUT2D eigenvalue weighted by molar-refractivity contribution is 0.476. The third-order valence-electron chi connectivity index (χ3n) is 1.82. The van der Waals surface area contributed by atoms with Gasteiger partial charge in [-0.3, -0.25) is 4.98 Å². The van der Waals surface area contributed by atoms with Crippen molar-refractivity contribution in [2.45, 2.75) is 6.67 Å². The van der Waals surface area contributed by atoms with Gasteiger partial charge in [-0.25, -0.2) is 4.39 Å². The number of halogens is 1. The quantitative estimate of drug-likeness (QED) is 0.626. The second kappa shape index (κ2) is 2.89. The standard InChI is InChI=1S/C10H8FN/c11-6-10-5-8-3-1-2-4-9(8)7-12-10/h1-5,7H,6H2. The van der Waals surface area contributed by atoms with E-state index in [0.717, 1.165) is 10.8 Å². The number of rotatable bonds is 1. The van der Waals surface area contributed by atoms with Crippen molar-refractivity contribution in [3.05, 3.63) is 42.2 Å². The van der Waals surface area contributed by atoms with Crippen LogP contribution in [0.15, 0.2) is 36.5 Å². The fourth-order valence-corrected chi connectivity index (χ4v) is 1.20. The summed E-state index contributed by atoms with van der Waals surface area (Å²) in [5.74, 6) is 0. The highest BCUT2D eigenvalue weighted by atomic mass is 19.1. The molecule has 60 valence electrons. The van der Waals surface area contributed by atoms with E-state index >= 15 is 0 Å². The molecule has 1 aromatic heterocycles. The van der Waals surface area contributed by atoms with E-state index in [2.05, 4.69) is 4.98 Å². The molecule has 0 bridgehead atoms. The van der Waals surface area contributed by atoms with Crippen molar-refractivity contribution in [1.29, 1.82) is 0 Å². The summed E-state index contributed by atoms with van der Waals surface area (Å²) in [4.78, 5) is 3.95. The predicted octanol–water partition coefficient (Wildman–Crippen LogP) is 2.70. The zero-order valence-electron chi connectivity index (χ0n) is 6.50. The molecule has 0 radical (unpaired) electrons. The minimum Gasteiger partial charge on any atom is -0.258 e. The SMILES string of the molecule is FCc1cc2ccccc2cn1. The molecular weight excluding hydrogens is 153 g/mol. The maximum Gasteiger partial charge on any atom is 0.131 e. The Morgan fingerprint density at radius 1 is 1.17 bits per heavy atom. The van der Waals surface area contributed by atoms with Crippen LogP contribution in [0.4, 0.5) is 4.39 Å². The molecule has 0 amide bonds. The number of hydrogen-bond acceptors (Lipinski definition) is 1. The molecule has 0 saturated carbocycles. The monoisotopic (exact) mass is 161 g/mol. The summed E-state index contributed by atoms with van der Waals surface area (Å²) in [6.45, 7) is -0.495. The first-order chi connectivity index (χ1) is 5.90. The maximum absolute atomic E-state index is 12.2. The number of alkyl halides is 1. The number of hydrogen-bond donors (Lipinski definition) is 0. The first kappa shape index (κ1) is 7.22.